The predicted molar refractivity (Wildman–Crippen MR) is 105 cm³/mol. The standard InChI is InChI=1S/C22H24FN3O2/c1-2-22(26-10-4-3-5-11-26)17-8-9-18(27)20(16(17)13-24-22)21-15-7-6-14(23)12-19(15)28-25-21/h6-9,12,24,27H,2-5,10-11,13H2,1H3. The molecule has 2 N–H and O–H groups in total. The highest BCUT2D eigenvalue weighted by Crippen LogP contribution is 2.46. The second kappa shape index (κ2) is 6.57. The summed E-state index contributed by atoms with van der Waals surface area (Å²) in [4.78, 5) is 2.54. The Bertz CT molecular complexity index is 1040. The molecule has 6 heteroatoms. The van der Waals surface area contributed by atoms with Crippen molar-refractivity contribution in [3.8, 4) is 17.0 Å². The molecule has 146 valence electrons. The zero-order valence-corrected chi connectivity index (χ0v) is 16.0. The minimum absolute atomic E-state index is 0.172. The third-order valence-electron chi connectivity index (χ3n) is 6.37. The van der Waals surface area contributed by atoms with E-state index in [9.17, 15) is 9.50 Å². The van der Waals surface area contributed by atoms with E-state index in [2.05, 4.69) is 22.3 Å². The maximum atomic E-state index is 13.5. The predicted octanol–water partition coefficient (Wildman–Crippen LogP) is 4.49. The van der Waals surface area contributed by atoms with Crippen LogP contribution in [0.4, 0.5) is 4.39 Å². The van der Waals surface area contributed by atoms with E-state index in [1.807, 2.05) is 6.07 Å². The lowest BCUT2D eigenvalue weighted by Crippen LogP contribution is -2.54. The van der Waals surface area contributed by atoms with Crippen LogP contribution in [0.5, 0.6) is 5.75 Å². The van der Waals surface area contributed by atoms with Gasteiger partial charge in [-0.1, -0.05) is 24.6 Å². The number of benzene rings is 2. The van der Waals surface area contributed by atoms with Crippen molar-refractivity contribution in [2.75, 3.05) is 13.1 Å². The van der Waals surface area contributed by atoms with Gasteiger partial charge in [0.25, 0.3) is 0 Å². The molecule has 1 atom stereocenters. The molecule has 0 saturated carbocycles. The van der Waals surface area contributed by atoms with Crippen molar-refractivity contribution < 1.29 is 14.0 Å². The monoisotopic (exact) mass is 381 g/mol. The molecule has 2 aromatic carbocycles. The summed E-state index contributed by atoms with van der Waals surface area (Å²) in [5.74, 6) is -0.194. The smallest absolute Gasteiger partial charge is 0.170 e. The second-order valence-electron chi connectivity index (χ2n) is 7.77. The first-order valence-corrected chi connectivity index (χ1v) is 10.0. The molecule has 1 unspecified atom stereocenters. The van der Waals surface area contributed by atoms with Crippen molar-refractivity contribution >= 4 is 11.0 Å². The minimum Gasteiger partial charge on any atom is -0.507 e. The Balaban J connectivity index is 1.68. The van der Waals surface area contributed by atoms with Crippen molar-refractivity contribution in [3.63, 3.8) is 0 Å². The van der Waals surface area contributed by atoms with Crippen molar-refractivity contribution in [2.45, 2.75) is 44.8 Å². The summed E-state index contributed by atoms with van der Waals surface area (Å²) in [6.45, 7) is 5.00. The van der Waals surface area contributed by atoms with Gasteiger partial charge in [-0.05, 0) is 48.6 Å². The SMILES string of the molecule is CCC1(N2CCCCC2)NCc2c1ccc(O)c2-c1noc2cc(F)ccc12. The van der Waals surface area contributed by atoms with Crippen LogP contribution in [0.3, 0.4) is 0 Å². The molecule has 0 spiro atoms. The Morgan fingerprint density at radius 1 is 1.21 bits per heavy atom. The van der Waals surface area contributed by atoms with Gasteiger partial charge >= 0.3 is 0 Å². The molecule has 0 bridgehead atoms. The number of nitrogens with zero attached hydrogens (tertiary/aromatic N) is 2. The van der Waals surface area contributed by atoms with Gasteiger partial charge in [-0.15, -0.1) is 0 Å². The van der Waals surface area contributed by atoms with Gasteiger partial charge in [0.05, 0.1) is 16.6 Å². The lowest BCUT2D eigenvalue weighted by Gasteiger charge is -2.44. The van der Waals surface area contributed by atoms with E-state index in [1.165, 1.54) is 37.0 Å². The first-order chi connectivity index (χ1) is 13.6. The van der Waals surface area contributed by atoms with Gasteiger partial charge in [-0.3, -0.25) is 10.2 Å². The quantitative estimate of drug-likeness (QED) is 0.700. The summed E-state index contributed by atoms with van der Waals surface area (Å²) in [6.07, 6.45) is 4.65. The number of nitrogens with one attached hydrogen (secondary N) is 1. The molecular formula is C22H24FN3O2. The average molecular weight is 381 g/mol. The summed E-state index contributed by atoms with van der Waals surface area (Å²) in [5, 5.41) is 19.3. The summed E-state index contributed by atoms with van der Waals surface area (Å²) < 4.78 is 18.9. The molecule has 3 heterocycles. The van der Waals surface area contributed by atoms with Crippen LogP contribution < -0.4 is 5.32 Å². The van der Waals surface area contributed by atoms with E-state index in [1.54, 1.807) is 12.1 Å². The molecule has 0 amide bonds. The third kappa shape index (κ3) is 2.48. The first-order valence-electron chi connectivity index (χ1n) is 10.0. The number of piperidine rings is 1. The Morgan fingerprint density at radius 2 is 2.04 bits per heavy atom. The topological polar surface area (TPSA) is 61.5 Å². The molecule has 3 aromatic rings. The van der Waals surface area contributed by atoms with Crippen molar-refractivity contribution in [1.29, 1.82) is 0 Å². The number of rotatable bonds is 3. The maximum Gasteiger partial charge on any atom is 0.170 e. The molecule has 1 fully saturated rings. The number of halogens is 1. The van der Waals surface area contributed by atoms with Gasteiger partial charge < -0.3 is 9.63 Å². The Labute approximate surface area is 163 Å². The van der Waals surface area contributed by atoms with Crippen LogP contribution in [0.15, 0.2) is 34.9 Å². The van der Waals surface area contributed by atoms with E-state index < -0.39 is 0 Å². The molecule has 1 saturated heterocycles. The largest absolute Gasteiger partial charge is 0.507 e. The third-order valence-corrected chi connectivity index (χ3v) is 6.37. The second-order valence-corrected chi connectivity index (χ2v) is 7.77. The highest BCUT2D eigenvalue weighted by Gasteiger charge is 2.44. The molecular weight excluding hydrogens is 357 g/mol. The number of hydrogen-bond acceptors (Lipinski definition) is 5. The Kier molecular flexibility index (Phi) is 4.14. The van der Waals surface area contributed by atoms with E-state index in [4.69, 9.17) is 4.52 Å². The number of fused-ring (bicyclic) bond motifs is 2. The maximum absolute atomic E-state index is 13.5. The zero-order chi connectivity index (χ0) is 19.3. The van der Waals surface area contributed by atoms with Gasteiger partial charge in [-0.2, -0.15) is 0 Å². The Hall–Kier alpha value is -2.44. The molecule has 2 aliphatic heterocycles. The zero-order valence-electron chi connectivity index (χ0n) is 16.0. The van der Waals surface area contributed by atoms with Crippen LogP contribution in [0.25, 0.3) is 22.2 Å². The van der Waals surface area contributed by atoms with Gasteiger partial charge in [0.2, 0.25) is 0 Å². The fourth-order valence-corrected chi connectivity index (χ4v) is 4.99. The van der Waals surface area contributed by atoms with E-state index in [0.717, 1.165) is 25.1 Å². The average Bonchev–Trinajstić information content (AvgIpc) is 3.30. The van der Waals surface area contributed by atoms with E-state index in [-0.39, 0.29) is 17.2 Å². The van der Waals surface area contributed by atoms with E-state index in [0.29, 0.717) is 28.8 Å². The summed E-state index contributed by atoms with van der Waals surface area (Å²) >= 11 is 0. The number of likely N-dealkylation sites (tertiary alicyclic amines) is 1. The summed E-state index contributed by atoms with van der Waals surface area (Å²) in [7, 11) is 0. The summed E-state index contributed by atoms with van der Waals surface area (Å²) in [5.41, 5.74) is 3.66. The van der Waals surface area contributed by atoms with Crippen LogP contribution in [-0.2, 0) is 12.2 Å². The van der Waals surface area contributed by atoms with Crippen molar-refractivity contribution in [1.82, 2.24) is 15.4 Å². The number of aromatic nitrogens is 1. The number of phenols is 1. The van der Waals surface area contributed by atoms with Gasteiger partial charge in [0.15, 0.2) is 5.58 Å². The molecule has 1 aromatic heterocycles. The van der Waals surface area contributed by atoms with Gasteiger partial charge in [0, 0.05) is 25.7 Å². The minimum atomic E-state index is -0.366. The fraction of sp³-hybridized carbons (Fsp3) is 0.409. The molecule has 5 nitrogen and oxygen atoms in total. The van der Waals surface area contributed by atoms with Crippen LogP contribution in [0, 0.1) is 5.82 Å². The van der Waals surface area contributed by atoms with Crippen LogP contribution >= 0.6 is 0 Å². The number of hydrogen-bond donors (Lipinski definition) is 2. The van der Waals surface area contributed by atoms with Crippen molar-refractivity contribution in [2.24, 2.45) is 0 Å². The number of aromatic hydroxyl groups is 1. The van der Waals surface area contributed by atoms with Crippen LogP contribution in [0.1, 0.15) is 43.7 Å². The lowest BCUT2D eigenvalue weighted by atomic mass is 9.89. The van der Waals surface area contributed by atoms with Crippen LogP contribution in [-0.4, -0.2) is 28.3 Å². The van der Waals surface area contributed by atoms with Gasteiger partial charge in [-0.25, -0.2) is 4.39 Å². The fourth-order valence-electron chi connectivity index (χ4n) is 4.99. The van der Waals surface area contributed by atoms with Gasteiger partial charge in [0.1, 0.15) is 17.3 Å². The van der Waals surface area contributed by atoms with Crippen molar-refractivity contribution in [3.05, 3.63) is 47.3 Å². The van der Waals surface area contributed by atoms with E-state index >= 15 is 0 Å². The molecule has 0 radical (unpaired) electrons. The molecule has 2 aliphatic rings. The Morgan fingerprint density at radius 3 is 2.82 bits per heavy atom. The molecule has 0 aliphatic carbocycles. The normalized spacial score (nSPS) is 22.6. The highest BCUT2D eigenvalue weighted by molar-refractivity contribution is 5.94. The first kappa shape index (κ1) is 17.6. The molecule has 5 rings (SSSR count). The summed E-state index contributed by atoms with van der Waals surface area (Å²) in [6, 6.07) is 8.17. The number of phenolic OH excluding ortho intramolecular Hbond substituents is 1. The molecule has 28 heavy (non-hydrogen) atoms. The lowest BCUT2D eigenvalue weighted by molar-refractivity contribution is 0.0379. The highest BCUT2D eigenvalue weighted by atomic mass is 19.1. The van der Waals surface area contributed by atoms with Crippen LogP contribution in [0.2, 0.25) is 0 Å².